The van der Waals surface area contributed by atoms with Gasteiger partial charge in [0.15, 0.2) is 5.82 Å². The molecule has 0 aliphatic carbocycles. The predicted molar refractivity (Wildman–Crippen MR) is 96.8 cm³/mol. The molecule has 1 aromatic carbocycles. The molecule has 25 heavy (non-hydrogen) atoms. The first-order chi connectivity index (χ1) is 12.1. The maximum Gasteiger partial charge on any atom is 0.251 e. The van der Waals surface area contributed by atoms with E-state index in [-0.39, 0.29) is 11.9 Å². The number of carbonyl (C=O) groups excluding carboxylic acids is 1. The van der Waals surface area contributed by atoms with Crippen molar-refractivity contribution in [1.82, 2.24) is 25.1 Å². The van der Waals surface area contributed by atoms with Gasteiger partial charge in [-0.2, -0.15) is 0 Å². The second-order valence-corrected chi connectivity index (χ2v) is 7.07. The highest BCUT2D eigenvalue weighted by molar-refractivity contribution is 7.18. The molecule has 0 bridgehead atoms. The van der Waals surface area contributed by atoms with Crippen LogP contribution in [0.3, 0.4) is 0 Å². The Hall–Kier alpha value is -2.32. The first-order valence-corrected chi connectivity index (χ1v) is 8.95. The van der Waals surface area contributed by atoms with E-state index in [4.69, 9.17) is 4.74 Å². The number of rotatable bonds is 7. The van der Waals surface area contributed by atoms with Crippen LogP contribution in [0.25, 0.3) is 10.2 Å². The van der Waals surface area contributed by atoms with Crippen molar-refractivity contribution >= 4 is 27.5 Å². The standard InChI is InChI=1S/C17H21N5O2S/c1-11(16-21-18-10-22(16)7-4-8-24-3)19-17(23)13-5-6-15-14(9-13)20-12(2)25-15/h5-6,9-11H,4,7-8H2,1-3H3,(H,19,23). The summed E-state index contributed by atoms with van der Waals surface area (Å²) in [5.41, 5.74) is 1.45. The molecule has 0 radical (unpaired) electrons. The van der Waals surface area contributed by atoms with E-state index in [9.17, 15) is 4.79 Å². The van der Waals surface area contributed by atoms with Crippen LogP contribution in [0.4, 0.5) is 0 Å². The molecule has 2 aromatic heterocycles. The molecule has 1 unspecified atom stereocenters. The molecule has 2 heterocycles. The Labute approximate surface area is 150 Å². The Morgan fingerprint density at radius 1 is 1.44 bits per heavy atom. The summed E-state index contributed by atoms with van der Waals surface area (Å²) in [4.78, 5) is 17.0. The number of aryl methyl sites for hydroxylation is 2. The van der Waals surface area contributed by atoms with Crippen LogP contribution >= 0.6 is 11.3 Å². The number of ether oxygens (including phenoxy) is 1. The van der Waals surface area contributed by atoms with Crippen molar-refractivity contribution in [2.75, 3.05) is 13.7 Å². The minimum Gasteiger partial charge on any atom is -0.385 e. The van der Waals surface area contributed by atoms with Gasteiger partial charge in [0.2, 0.25) is 0 Å². The monoisotopic (exact) mass is 359 g/mol. The van der Waals surface area contributed by atoms with Gasteiger partial charge < -0.3 is 14.6 Å². The van der Waals surface area contributed by atoms with Gasteiger partial charge in [0.05, 0.1) is 21.3 Å². The average Bonchev–Trinajstić information content (AvgIpc) is 3.19. The molecule has 0 aliphatic rings. The number of aromatic nitrogens is 4. The van der Waals surface area contributed by atoms with Crippen molar-refractivity contribution < 1.29 is 9.53 Å². The first kappa shape index (κ1) is 17.5. The second-order valence-electron chi connectivity index (χ2n) is 5.84. The lowest BCUT2D eigenvalue weighted by atomic mass is 10.2. The Morgan fingerprint density at radius 3 is 3.08 bits per heavy atom. The number of benzene rings is 1. The van der Waals surface area contributed by atoms with E-state index < -0.39 is 0 Å². The highest BCUT2D eigenvalue weighted by Crippen LogP contribution is 2.22. The number of carbonyl (C=O) groups is 1. The van der Waals surface area contributed by atoms with Gasteiger partial charge in [-0.1, -0.05) is 0 Å². The number of thiazole rings is 1. The van der Waals surface area contributed by atoms with E-state index >= 15 is 0 Å². The van der Waals surface area contributed by atoms with Gasteiger partial charge >= 0.3 is 0 Å². The minimum absolute atomic E-state index is 0.147. The molecule has 0 saturated heterocycles. The van der Waals surface area contributed by atoms with Crippen molar-refractivity contribution in [2.24, 2.45) is 0 Å². The third-order valence-corrected chi connectivity index (χ3v) is 4.84. The molecular weight excluding hydrogens is 338 g/mol. The average molecular weight is 359 g/mol. The highest BCUT2D eigenvalue weighted by atomic mass is 32.1. The van der Waals surface area contributed by atoms with E-state index in [1.54, 1.807) is 24.8 Å². The van der Waals surface area contributed by atoms with Gasteiger partial charge in [0.25, 0.3) is 5.91 Å². The van der Waals surface area contributed by atoms with Gasteiger partial charge in [-0.15, -0.1) is 21.5 Å². The zero-order chi connectivity index (χ0) is 17.8. The van der Waals surface area contributed by atoms with Gasteiger partial charge in [-0.25, -0.2) is 4.98 Å². The number of methoxy groups -OCH3 is 1. The fraction of sp³-hybridized carbons (Fsp3) is 0.412. The lowest BCUT2D eigenvalue weighted by Crippen LogP contribution is -2.28. The molecule has 1 amide bonds. The molecule has 3 aromatic rings. The van der Waals surface area contributed by atoms with Crippen molar-refractivity contribution in [1.29, 1.82) is 0 Å². The fourth-order valence-corrected chi connectivity index (χ4v) is 3.49. The van der Waals surface area contributed by atoms with E-state index in [0.29, 0.717) is 12.2 Å². The van der Waals surface area contributed by atoms with Gasteiger partial charge in [-0.05, 0) is 38.5 Å². The maximum absolute atomic E-state index is 12.6. The number of amides is 1. The van der Waals surface area contributed by atoms with Crippen molar-refractivity contribution in [3.05, 3.63) is 40.9 Å². The van der Waals surface area contributed by atoms with Crippen molar-refractivity contribution in [3.63, 3.8) is 0 Å². The highest BCUT2D eigenvalue weighted by Gasteiger charge is 2.17. The van der Waals surface area contributed by atoms with Gasteiger partial charge in [0.1, 0.15) is 6.33 Å². The fourth-order valence-electron chi connectivity index (χ4n) is 2.68. The summed E-state index contributed by atoms with van der Waals surface area (Å²) >= 11 is 1.62. The molecule has 0 fully saturated rings. The third-order valence-electron chi connectivity index (χ3n) is 3.88. The van der Waals surface area contributed by atoms with Crippen LogP contribution < -0.4 is 5.32 Å². The summed E-state index contributed by atoms with van der Waals surface area (Å²) < 4.78 is 8.10. The summed E-state index contributed by atoms with van der Waals surface area (Å²) in [7, 11) is 1.68. The summed E-state index contributed by atoms with van der Waals surface area (Å²) in [5.74, 6) is 0.585. The molecule has 7 nitrogen and oxygen atoms in total. The molecule has 0 spiro atoms. The predicted octanol–water partition coefficient (Wildman–Crippen LogP) is 2.72. The summed E-state index contributed by atoms with van der Waals surface area (Å²) in [6, 6.07) is 5.34. The summed E-state index contributed by atoms with van der Waals surface area (Å²) in [5, 5.41) is 12.1. The summed E-state index contributed by atoms with van der Waals surface area (Å²) in [6.07, 6.45) is 2.54. The van der Waals surface area contributed by atoms with Crippen LogP contribution in [-0.4, -0.2) is 39.4 Å². The zero-order valence-electron chi connectivity index (χ0n) is 14.5. The molecule has 0 aliphatic heterocycles. The number of hydrogen-bond donors (Lipinski definition) is 1. The Balaban J connectivity index is 1.70. The molecule has 3 rings (SSSR count). The minimum atomic E-state index is -0.245. The molecule has 1 N–H and O–H groups in total. The lowest BCUT2D eigenvalue weighted by molar-refractivity contribution is 0.0937. The largest absolute Gasteiger partial charge is 0.385 e. The maximum atomic E-state index is 12.6. The smallest absolute Gasteiger partial charge is 0.251 e. The van der Waals surface area contributed by atoms with E-state index in [1.807, 2.05) is 36.6 Å². The van der Waals surface area contributed by atoms with Crippen LogP contribution in [0.15, 0.2) is 24.5 Å². The number of fused-ring (bicyclic) bond motifs is 1. The van der Waals surface area contributed by atoms with E-state index in [2.05, 4.69) is 20.5 Å². The van der Waals surface area contributed by atoms with Crippen LogP contribution in [0.1, 0.15) is 40.6 Å². The molecule has 8 heteroatoms. The molecule has 132 valence electrons. The van der Waals surface area contributed by atoms with Crippen LogP contribution in [-0.2, 0) is 11.3 Å². The van der Waals surface area contributed by atoms with Gasteiger partial charge in [0, 0.05) is 25.8 Å². The normalized spacial score (nSPS) is 12.4. The third kappa shape index (κ3) is 4.02. The van der Waals surface area contributed by atoms with Crippen LogP contribution in [0.2, 0.25) is 0 Å². The SMILES string of the molecule is COCCCn1cnnc1C(C)NC(=O)c1ccc2sc(C)nc2c1. The van der Waals surface area contributed by atoms with Gasteiger partial charge in [-0.3, -0.25) is 4.79 Å². The Morgan fingerprint density at radius 2 is 2.28 bits per heavy atom. The molecule has 1 atom stereocenters. The van der Waals surface area contributed by atoms with Crippen LogP contribution in [0, 0.1) is 6.92 Å². The number of nitrogens with zero attached hydrogens (tertiary/aromatic N) is 4. The zero-order valence-corrected chi connectivity index (χ0v) is 15.3. The Bertz CT molecular complexity index is 873. The van der Waals surface area contributed by atoms with E-state index in [1.165, 1.54) is 0 Å². The Kier molecular flexibility index (Phi) is 5.40. The topological polar surface area (TPSA) is 81.9 Å². The second kappa shape index (κ2) is 7.71. The molecular formula is C17H21N5O2S. The molecule has 0 saturated carbocycles. The summed E-state index contributed by atoms with van der Waals surface area (Å²) in [6.45, 7) is 5.29. The van der Waals surface area contributed by atoms with Crippen molar-refractivity contribution in [3.8, 4) is 0 Å². The van der Waals surface area contributed by atoms with E-state index in [0.717, 1.165) is 34.0 Å². The number of hydrogen-bond acceptors (Lipinski definition) is 6. The lowest BCUT2D eigenvalue weighted by Gasteiger charge is -2.15. The number of nitrogens with one attached hydrogen (secondary N) is 1. The quantitative estimate of drug-likeness (QED) is 0.656. The van der Waals surface area contributed by atoms with Crippen LogP contribution in [0.5, 0.6) is 0 Å². The van der Waals surface area contributed by atoms with Crippen molar-refractivity contribution in [2.45, 2.75) is 32.9 Å². The first-order valence-electron chi connectivity index (χ1n) is 8.13.